The second-order valence-corrected chi connectivity index (χ2v) is 3.93. The molecule has 6 heteroatoms. The molecule has 0 saturated heterocycles. The Hall–Kier alpha value is -1.59. The van der Waals surface area contributed by atoms with E-state index in [9.17, 15) is 17.6 Å². The smallest absolute Gasteiger partial charge is 0.366 e. The zero-order valence-corrected chi connectivity index (χ0v) is 8.98. The van der Waals surface area contributed by atoms with Crippen molar-refractivity contribution in [1.29, 1.82) is 0 Å². The highest BCUT2D eigenvalue weighted by molar-refractivity contribution is 6.00. The fourth-order valence-corrected chi connectivity index (χ4v) is 1.62. The molecular weight excluding hydrogens is 236 g/mol. The van der Waals surface area contributed by atoms with Gasteiger partial charge in [-0.3, -0.25) is 4.99 Å². The van der Waals surface area contributed by atoms with E-state index in [-0.39, 0.29) is 11.6 Å². The highest BCUT2D eigenvalue weighted by atomic mass is 19.4. The highest BCUT2D eigenvalue weighted by Crippen LogP contribution is 2.32. The van der Waals surface area contributed by atoms with Crippen molar-refractivity contribution in [3.8, 4) is 0 Å². The summed E-state index contributed by atoms with van der Waals surface area (Å²) in [5, 5.41) is 2.93. The van der Waals surface area contributed by atoms with Crippen LogP contribution in [0.4, 0.5) is 17.6 Å². The first-order chi connectivity index (χ1) is 7.88. The lowest BCUT2D eigenvalue weighted by Crippen LogP contribution is -2.28. The maximum atomic E-state index is 13.0. The summed E-state index contributed by atoms with van der Waals surface area (Å²) in [6.07, 6.45) is -4.69. The number of benzene rings is 1. The number of rotatable bonds is 1. The lowest BCUT2D eigenvalue weighted by Gasteiger charge is -2.11. The molecule has 1 aromatic carbocycles. The molecule has 1 aliphatic rings. The Labute approximate surface area is 95.4 Å². The van der Waals surface area contributed by atoms with Gasteiger partial charge >= 0.3 is 6.18 Å². The molecule has 0 aromatic heterocycles. The fraction of sp³-hybridized carbons (Fsp3) is 0.364. The standard InChI is InChI=1S/C11H10F4N2/c1-6-5-16-10(17-6)7-2-3-9(12)8(4-7)11(13,14)15/h2-4,6H,5H2,1H3,(H,16,17). The minimum Gasteiger partial charge on any atom is -0.366 e. The van der Waals surface area contributed by atoms with E-state index in [0.29, 0.717) is 12.4 Å². The molecule has 92 valence electrons. The summed E-state index contributed by atoms with van der Waals surface area (Å²) in [5.74, 6) is -0.893. The monoisotopic (exact) mass is 246 g/mol. The Kier molecular flexibility index (Phi) is 2.81. The fourth-order valence-electron chi connectivity index (χ4n) is 1.62. The molecule has 2 rings (SSSR count). The first-order valence-electron chi connectivity index (χ1n) is 5.06. The van der Waals surface area contributed by atoms with Crippen LogP contribution in [0.5, 0.6) is 0 Å². The van der Waals surface area contributed by atoms with Gasteiger partial charge in [-0.25, -0.2) is 4.39 Å². The van der Waals surface area contributed by atoms with Crippen molar-refractivity contribution < 1.29 is 17.6 Å². The molecule has 1 atom stereocenters. The van der Waals surface area contributed by atoms with Crippen molar-refractivity contribution in [2.75, 3.05) is 6.54 Å². The molecule has 0 spiro atoms. The maximum absolute atomic E-state index is 13.0. The average molecular weight is 246 g/mol. The Morgan fingerprint density at radius 1 is 1.35 bits per heavy atom. The maximum Gasteiger partial charge on any atom is 0.419 e. The van der Waals surface area contributed by atoms with Crippen LogP contribution in [0.15, 0.2) is 23.2 Å². The zero-order valence-electron chi connectivity index (χ0n) is 8.98. The summed E-state index contributed by atoms with van der Waals surface area (Å²) in [7, 11) is 0. The molecule has 1 N–H and O–H groups in total. The number of hydrogen-bond donors (Lipinski definition) is 1. The van der Waals surface area contributed by atoms with Crippen LogP contribution in [0.2, 0.25) is 0 Å². The Morgan fingerprint density at radius 2 is 2.06 bits per heavy atom. The van der Waals surface area contributed by atoms with Gasteiger partial charge in [0.2, 0.25) is 0 Å². The number of halogens is 4. The van der Waals surface area contributed by atoms with Gasteiger partial charge in [0.05, 0.1) is 12.1 Å². The molecule has 0 radical (unpaired) electrons. The van der Waals surface area contributed by atoms with Gasteiger partial charge in [0.15, 0.2) is 0 Å². The molecule has 0 aliphatic carbocycles. The summed E-state index contributed by atoms with van der Waals surface area (Å²) in [6.45, 7) is 2.37. The molecule has 2 nitrogen and oxygen atoms in total. The van der Waals surface area contributed by atoms with Crippen molar-refractivity contribution >= 4 is 5.84 Å². The Morgan fingerprint density at radius 3 is 2.59 bits per heavy atom. The second-order valence-electron chi connectivity index (χ2n) is 3.93. The van der Waals surface area contributed by atoms with Crippen LogP contribution in [-0.4, -0.2) is 18.4 Å². The number of nitrogens with one attached hydrogen (secondary N) is 1. The summed E-state index contributed by atoms with van der Waals surface area (Å²) >= 11 is 0. The molecule has 17 heavy (non-hydrogen) atoms. The van der Waals surface area contributed by atoms with E-state index in [1.807, 2.05) is 6.92 Å². The van der Waals surface area contributed by atoms with E-state index < -0.39 is 17.6 Å². The highest BCUT2D eigenvalue weighted by Gasteiger charge is 2.34. The van der Waals surface area contributed by atoms with Gasteiger partial charge in [0.1, 0.15) is 11.7 Å². The summed E-state index contributed by atoms with van der Waals surface area (Å²) in [6, 6.07) is 2.96. The van der Waals surface area contributed by atoms with E-state index >= 15 is 0 Å². The lowest BCUT2D eigenvalue weighted by molar-refractivity contribution is -0.140. The normalized spacial score (nSPS) is 20.1. The van der Waals surface area contributed by atoms with Crippen molar-refractivity contribution in [3.63, 3.8) is 0 Å². The summed E-state index contributed by atoms with van der Waals surface area (Å²) in [5.41, 5.74) is -1.01. The third-order valence-corrected chi connectivity index (χ3v) is 2.45. The molecule has 0 fully saturated rings. The molecular formula is C11H10F4N2. The average Bonchev–Trinajstić information content (AvgIpc) is 2.64. The Bertz CT molecular complexity index is 465. The van der Waals surface area contributed by atoms with Gasteiger partial charge in [-0.2, -0.15) is 13.2 Å². The molecule has 1 heterocycles. The number of aliphatic imine (C=N–C) groups is 1. The number of hydrogen-bond acceptors (Lipinski definition) is 2. The van der Waals surface area contributed by atoms with E-state index in [0.717, 1.165) is 12.1 Å². The molecule has 1 aliphatic heterocycles. The minimum atomic E-state index is -4.69. The quantitative estimate of drug-likeness (QED) is 0.757. The second kappa shape index (κ2) is 4.01. The van der Waals surface area contributed by atoms with Gasteiger partial charge in [0.25, 0.3) is 0 Å². The number of alkyl halides is 3. The van der Waals surface area contributed by atoms with E-state index in [4.69, 9.17) is 0 Å². The Balaban J connectivity index is 2.38. The predicted molar refractivity (Wildman–Crippen MR) is 55.4 cm³/mol. The van der Waals surface area contributed by atoms with E-state index in [2.05, 4.69) is 10.3 Å². The molecule has 0 amide bonds. The predicted octanol–water partition coefficient (Wildman–Crippen LogP) is 2.58. The number of nitrogens with zero attached hydrogens (tertiary/aromatic N) is 1. The first-order valence-corrected chi connectivity index (χ1v) is 5.06. The SMILES string of the molecule is CC1CN=C(c2ccc(F)c(C(F)(F)F)c2)N1. The summed E-state index contributed by atoms with van der Waals surface area (Å²) in [4.78, 5) is 4.06. The van der Waals surface area contributed by atoms with Crippen LogP contribution in [0.25, 0.3) is 0 Å². The van der Waals surface area contributed by atoms with Gasteiger partial charge in [0, 0.05) is 11.6 Å². The van der Waals surface area contributed by atoms with Gasteiger partial charge in [-0.05, 0) is 25.1 Å². The van der Waals surface area contributed by atoms with E-state index in [1.165, 1.54) is 6.07 Å². The third kappa shape index (κ3) is 2.40. The zero-order chi connectivity index (χ0) is 12.6. The van der Waals surface area contributed by atoms with Crippen LogP contribution in [0, 0.1) is 5.82 Å². The largest absolute Gasteiger partial charge is 0.419 e. The van der Waals surface area contributed by atoms with Crippen LogP contribution in [0.3, 0.4) is 0 Å². The summed E-state index contributed by atoms with van der Waals surface area (Å²) < 4.78 is 50.5. The van der Waals surface area contributed by atoms with Crippen molar-refractivity contribution in [2.24, 2.45) is 4.99 Å². The van der Waals surface area contributed by atoms with Crippen LogP contribution in [0.1, 0.15) is 18.1 Å². The van der Waals surface area contributed by atoms with Crippen molar-refractivity contribution in [1.82, 2.24) is 5.32 Å². The third-order valence-electron chi connectivity index (χ3n) is 2.45. The van der Waals surface area contributed by atoms with Crippen LogP contribution in [-0.2, 0) is 6.18 Å². The van der Waals surface area contributed by atoms with Gasteiger partial charge < -0.3 is 5.32 Å². The molecule has 1 aromatic rings. The van der Waals surface area contributed by atoms with Crippen molar-refractivity contribution in [3.05, 3.63) is 35.1 Å². The topological polar surface area (TPSA) is 24.4 Å². The number of amidine groups is 1. The van der Waals surface area contributed by atoms with Gasteiger partial charge in [-0.1, -0.05) is 0 Å². The molecule has 0 bridgehead atoms. The molecule has 1 unspecified atom stereocenters. The molecule has 0 saturated carbocycles. The van der Waals surface area contributed by atoms with Crippen LogP contribution >= 0.6 is 0 Å². The minimum absolute atomic E-state index is 0.0874. The van der Waals surface area contributed by atoms with Crippen LogP contribution < -0.4 is 5.32 Å². The lowest BCUT2D eigenvalue weighted by atomic mass is 10.1. The first kappa shape index (κ1) is 11.9. The van der Waals surface area contributed by atoms with E-state index in [1.54, 1.807) is 0 Å². The van der Waals surface area contributed by atoms with Gasteiger partial charge in [-0.15, -0.1) is 0 Å². The van der Waals surface area contributed by atoms with Crippen molar-refractivity contribution in [2.45, 2.75) is 19.1 Å².